The highest BCUT2D eigenvalue weighted by Gasteiger charge is 2.25. The van der Waals surface area contributed by atoms with Gasteiger partial charge in [-0.15, -0.1) is 11.8 Å². The van der Waals surface area contributed by atoms with Crippen molar-refractivity contribution in [1.82, 2.24) is 15.7 Å². The highest BCUT2D eigenvalue weighted by Crippen LogP contribution is 2.23. The molecule has 1 fully saturated rings. The fraction of sp³-hybridized carbons (Fsp3) is 0.391. The smallest absolute Gasteiger partial charge is 0.268 e. The van der Waals surface area contributed by atoms with Crippen LogP contribution >= 0.6 is 11.8 Å². The summed E-state index contributed by atoms with van der Waals surface area (Å²) in [6.45, 7) is 5.84. The minimum atomic E-state index is -1.24. The number of nitrogens with zero attached hydrogens (tertiary/aromatic N) is 1. The van der Waals surface area contributed by atoms with Gasteiger partial charge in [-0.1, -0.05) is 24.3 Å². The molecule has 0 aromatic heterocycles. The van der Waals surface area contributed by atoms with E-state index in [0.29, 0.717) is 5.56 Å². The van der Waals surface area contributed by atoms with E-state index >= 15 is 0 Å². The Hall–Kier alpha value is -2.43. The number of ether oxygens (including phenoxy) is 1. The fourth-order valence-corrected chi connectivity index (χ4v) is 4.18. The van der Waals surface area contributed by atoms with Crippen molar-refractivity contribution in [3.05, 3.63) is 65.2 Å². The van der Waals surface area contributed by atoms with Crippen molar-refractivity contribution in [1.29, 1.82) is 0 Å². The number of morpholine rings is 1. The number of amides is 2. The molecule has 9 heteroatoms. The van der Waals surface area contributed by atoms with Crippen molar-refractivity contribution in [3.63, 3.8) is 0 Å². The van der Waals surface area contributed by atoms with Gasteiger partial charge in [0.1, 0.15) is 6.04 Å². The van der Waals surface area contributed by atoms with Crippen LogP contribution in [-0.4, -0.2) is 65.5 Å². The minimum Gasteiger partial charge on any atom is -0.391 e. The average molecular weight is 460 g/mol. The van der Waals surface area contributed by atoms with E-state index in [1.807, 2.05) is 12.1 Å². The lowest BCUT2D eigenvalue weighted by Crippen LogP contribution is -2.51. The number of carbonyl (C=O) groups excluding carboxylic acids is 2. The number of hydrogen-bond donors (Lipinski definition) is 4. The normalized spacial score (nSPS) is 16.2. The van der Waals surface area contributed by atoms with E-state index in [-0.39, 0.29) is 0 Å². The molecular weight excluding hydrogens is 430 g/mol. The Kier molecular flexibility index (Phi) is 9.07. The van der Waals surface area contributed by atoms with Crippen molar-refractivity contribution in [3.8, 4) is 0 Å². The largest absolute Gasteiger partial charge is 0.391 e. The number of nitrogens with one attached hydrogen (secondary N) is 2. The Balaban J connectivity index is 1.50. The molecule has 4 N–H and O–H groups in total. The number of aliphatic hydroxyl groups is 1. The van der Waals surface area contributed by atoms with Crippen molar-refractivity contribution in [2.45, 2.75) is 36.3 Å². The first-order chi connectivity index (χ1) is 15.5. The summed E-state index contributed by atoms with van der Waals surface area (Å²) in [6, 6.07) is 14.4. The zero-order valence-corrected chi connectivity index (χ0v) is 18.8. The molecule has 3 rings (SSSR count). The molecule has 0 saturated carbocycles. The van der Waals surface area contributed by atoms with Gasteiger partial charge in [0.15, 0.2) is 0 Å². The first kappa shape index (κ1) is 24.2. The second kappa shape index (κ2) is 12.0. The maximum absolute atomic E-state index is 12.3. The monoisotopic (exact) mass is 459 g/mol. The summed E-state index contributed by atoms with van der Waals surface area (Å²) in [5.41, 5.74) is 4.32. The van der Waals surface area contributed by atoms with Crippen molar-refractivity contribution in [2.24, 2.45) is 0 Å². The molecule has 2 amide bonds. The molecule has 0 unspecified atom stereocenters. The molecular formula is C23H29N3O5S. The maximum Gasteiger partial charge on any atom is 0.268 e. The summed E-state index contributed by atoms with van der Waals surface area (Å²) in [4.78, 5) is 27.3. The first-order valence-corrected chi connectivity index (χ1v) is 11.5. The lowest BCUT2D eigenvalue weighted by atomic mass is 10.1. The number of aliphatic hydroxyl groups excluding tert-OH is 1. The van der Waals surface area contributed by atoms with Crippen molar-refractivity contribution in [2.75, 3.05) is 26.3 Å². The van der Waals surface area contributed by atoms with E-state index in [9.17, 15) is 14.7 Å². The molecule has 32 heavy (non-hydrogen) atoms. The first-order valence-electron chi connectivity index (χ1n) is 10.5. The van der Waals surface area contributed by atoms with Crippen LogP contribution in [0.2, 0.25) is 0 Å². The highest BCUT2D eigenvalue weighted by atomic mass is 32.2. The Bertz CT molecular complexity index is 884. The van der Waals surface area contributed by atoms with Crippen LogP contribution in [0.1, 0.15) is 28.4 Å². The second-order valence-corrected chi connectivity index (χ2v) is 8.73. The summed E-state index contributed by atoms with van der Waals surface area (Å²) >= 11 is 1.67. The molecule has 1 saturated heterocycles. The topological polar surface area (TPSA) is 111 Å². The van der Waals surface area contributed by atoms with Gasteiger partial charge in [0.2, 0.25) is 0 Å². The summed E-state index contributed by atoms with van der Waals surface area (Å²) in [6.07, 6.45) is -1.15. The maximum atomic E-state index is 12.3. The molecule has 0 radical (unpaired) electrons. The predicted octanol–water partition coefficient (Wildman–Crippen LogP) is 1.80. The highest BCUT2D eigenvalue weighted by molar-refractivity contribution is 7.98. The van der Waals surface area contributed by atoms with E-state index in [0.717, 1.165) is 43.5 Å². The van der Waals surface area contributed by atoms with Crippen LogP contribution in [0.5, 0.6) is 0 Å². The van der Waals surface area contributed by atoms with Crippen LogP contribution in [0.3, 0.4) is 0 Å². The predicted molar refractivity (Wildman–Crippen MR) is 121 cm³/mol. The standard InChI is InChI=1S/C23H29N3O5S/c1-16(27)21(23(29)25-30)24-22(28)19-6-8-20(9-7-19)32-15-18-4-2-17(3-5-18)14-26-10-12-31-13-11-26/h2-9,16,21,27,30H,10-15H2,1H3,(H,24,28)(H,25,29)/t16-,21+/m1/s1. The van der Waals surface area contributed by atoms with Crippen LogP contribution in [0, 0.1) is 0 Å². The second-order valence-electron chi connectivity index (χ2n) is 7.69. The fourth-order valence-electron chi connectivity index (χ4n) is 3.33. The van der Waals surface area contributed by atoms with Gasteiger partial charge in [-0.2, -0.15) is 0 Å². The van der Waals surface area contributed by atoms with Crippen LogP contribution < -0.4 is 10.8 Å². The number of benzene rings is 2. The lowest BCUT2D eigenvalue weighted by Gasteiger charge is -2.26. The zero-order chi connectivity index (χ0) is 22.9. The molecule has 0 spiro atoms. The zero-order valence-electron chi connectivity index (χ0n) is 18.0. The van der Waals surface area contributed by atoms with E-state index in [2.05, 4.69) is 34.5 Å². The third kappa shape index (κ3) is 7.04. The molecule has 2 aromatic carbocycles. The van der Waals surface area contributed by atoms with Crippen LogP contribution in [0.15, 0.2) is 53.4 Å². The number of carbonyl (C=O) groups is 2. The molecule has 1 aliphatic rings. The quantitative estimate of drug-likeness (QED) is 0.257. The Morgan fingerprint density at radius 2 is 1.69 bits per heavy atom. The molecule has 2 atom stereocenters. The van der Waals surface area contributed by atoms with E-state index in [4.69, 9.17) is 9.94 Å². The van der Waals surface area contributed by atoms with E-state index < -0.39 is 24.0 Å². The average Bonchev–Trinajstić information content (AvgIpc) is 2.82. The number of thioether (sulfide) groups is 1. The van der Waals surface area contributed by atoms with Gasteiger partial charge >= 0.3 is 0 Å². The Morgan fingerprint density at radius 3 is 2.28 bits per heavy atom. The summed E-state index contributed by atoms with van der Waals surface area (Å²) in [7, 11) is 0. The molecule has 0 bridgehead atoms. The van der Waals surface area contributed by atoms with Gasteiger partial charge in [0.25, 0.3) is 11.8 Å². The summed E-state index contributed by atoms with van der Waals surface area (Å²) in [5, 5.41) is 20.8. The van der Waals surface area contributed by atoms with Gasteiger partial charge in [0.05, 0.1) is 19.3 Å². The molecule has 8 nitrogen and oxygen atoms in total. The number of rotatable bonds is 9. The molecule has 0 aliphatic carbocycles. The van der Waals surface area contributed by atoms with Crippen LogP contribution in [0.4, 0.5) is 0 Å². The summed E-state index contributed by atoms with van der Waals surface area (Å²) < 4.78 is 5.39. The van der Waals surface area contributed by atoms with E-state index in [1.165, 1.54) is 23.5 Å². The van der Waals surface area contributed by atoms with Gasteiger partial charge in [-0.3, -0.25) is 19.7 Å². The van der Waals surface area contributed by atoms with Crippen LogP contribution in [0.25, 0.3) is 0 Å². The lowest BCUT2D eigenvalue weighted by molar-refractivity contribution is -0.133. The summed E-state index contributed by atoms with van der Waals surface area (Å²) in [5.74, 6) is -0.576. The molecule has 172 valence electrons. The third-order valence-corrected chi connectivity index (χ3v) is 6.30. The minimum absolute atomic E-state index is 0.359. The number of hydrogen-bond acceptors (Lipinski definition) is 7. The molecule has 2 aromatic rings. The third-order valence-electron chi connectivity index (χ3n) is 5.22. The van der Waals surface area contributed by atoms with Gasteiger partial charge in [0, 0.05) is 35.8 Å². The van der Waals surface area contributed by atoms with Crippen molar-refractivity contribution < 1.29 is 24.6 Å². The van der Waals surface area contributed by atoms with E-state index in [1.54, 1.807) is 23.9 Å². The van der Waals surface area contributed by atoms with Gasteiger partial charge in [-0.25, -0.2) is 5.48 Å². The molecule has 1 heterocycles. The Morgan fingerprint density at radius 1 is 1.06 bits per heavy atom. The van der Waals surface area contributed by atoms with Gasteiger partial charge < -0.3 is 15.2 Å². The molecule has 1 aliphatic heterocycles. The van der Waals surface area contributed by atoms with Crippen molar-refractivity contribution >= 4 is 23.6 Å². The van der Waals surface area contributed by atoms with Gasteiger partial charge in [-0.05, 0) is 42.3 Å². The van der Waals surface area contributed by atoms with Crippen LogP contribution in [-0.2, 0) is 21.8 Å². The number of hydroxylamine groups is 1. The SMILES string of the molecule is C[C@@H](O)[C@H](NC(=O)c1ccc(SCc2ccc(CN3CCOCC3)cc2)cc1)C(=O)NO. The Labute approximate surface area is 191 Å².